The molecule has 0 bridgehead atoms. The van der Waals surface area contributed by atoms with Gasteiger partial charge in [-0.05, 0) is 101 Å². The lowest BCUT2D eigenvalue weighted by atomic mass is 9.84. The van der Waals surface area contributed by atoms with Crippen molar-refractivity contribution in [1.29, 1.82) is 0 Å². The van der Waals surface area contributed by atoms with Crippen molar-refractivity contribution in [3.63, 3.8) is 0 Å². The van der Waals surface area contributed by atoms with Crippen molar-refractivity contribution in [2.45, 2.75) is 221 Å². The quantitative estimate of drug-likeness (QED) is 0.0561. The van der Waals surface area contributed by atoms with E-state index in [1.54, 1.807) is 88.3 Å². The van der Waals surface area contributed by atoms with E-state index in [0.717, 1.165) is 24.5 Å². The number of likely N-dealkylation sites (N-methyl/N-ethyl adjacent to an activating group) is 7. The predicted octanol–water partition coefficient (Wildman–Crippen LogP) is 3.10. The molecule has 0 radical (unpaired) electrons. The van der Waals surface area contributed by atoms with Crippen LogP contribution in [0, 0.1) is 41.4 Å². The fourth-order valence-corrected chi connectivity index (χ4v) is 11.3. The van der Waals surface area contributed by atoms with Gasteiger partial charge in [0.15, 0.2) is 16.7 Å². The Morgan fingerprint density at radius 1 is 0.568 bits per heavy atom. The summed E-state index contributed by atoms with van der Waals surface area (Å²) < 4.78 is 0. The molecule has 0 saturated carbocycles. The third-order valence-corrected chi connectivity index (χ3v) is 17.8. The smallest absolute Gasteiger partial charge is 0.259 e. The molecule has 0 spiro atoms. The molecule has 502 valence electrons. The van der Waals surface area contributed by atoms with E-state index in [2.05, 4.69) is 21.3 Å². The zero-order valence-electron chi connectivity index (χ0n) is 57.3. The number of hydrogen-bond donors (Lipinski definition) is 6. The van der Waals surface area contributed by atoms with Crippen LogP contribution in [0.1, 0.15) is 156 Å². The van der Waals surface area contributed by atoms with E-state index in [1.807, 2.05) is 27.7 Å². The Kier molecular flexibility index (Phi) is 31.6. The van der Waals surface area contributed by atoms with E-state index in [9.17, 15) is 48.3 Å². The van der Waals surface area contributed by atoms with Crippen LogP contribution in [0.25, 0.3) is 0 Å². The minimum absolute atomic E-state index is 0.0164. The summed E-state index contributed by atoms with van der Waals surface area (Å²) in [6.45, 7) is 28.3. The molecule has 25 heteroatoms. The number of rotatable bonds is 16. The Labute approximate surface area is 530 Å². The van der Waals surface area contributed by atoms with Crippen molar-refractivity contribution in [3.05, 3.63) is 12.2 Å². The molecule has 88 heavy (non-hydrogen) atoms. The van der Waals surface area contributed by atoms with E-state index >= 15 is 14.4 Å². The fourth-order valence-electron chi connectivity index (χ4n) is 11.0. The second-order valence-corrected chi connectivity index (χ2v) is 27.3. The van der Waals surface area contributed by atoms with E-state index in [4.69, 9.17) is 12.6 Å². The summed E-state index contributed by atoms with van der Waals surface area (Å²) in [5.41, 5.74) is -2.36. The van der Waals surface area contributed by atoms with Crippen LogP contribution in [-0.4, -0.2) is 231 Å². The fraction of sp³-hybridized carbons (Fsp3) is 0.778. The standard InChI is InChI=1S/C63H111N11O13S/c1-25-27-28-41(15)51(77)50-55(81)66-44(26-2)57(83)68(18)33-48(76)69(19)45(29-35(3)4)54(80)67-49(39(11)12)59(85)70(20)46(30-36(5)6)53(79)64-42(16)52(78)65-43(17)56(82)71(21)47(31-37(7)8)58(84)73(23)62(34-75,32-38(9)10)60(86)74(24)63(88,40(13)14)61(87)72(50)22/h25,27,34-47,49-51,77,88H,26,28-33H2,1-24H3,(H,64,79)(H,65,78)(H,66,81)(H,67,80)/b27-25+/t41-,42+,43-,44+,45+,46+,47+,49+,50+,51-,62+,63+/m1/s1. The molecule has 1 saturated heterocycles. The Morgan fingerprint density at radius 3 is 1.50 bits per heavy atom. The third kappa shape index (κ3) is 19.9. The predicted molar refractivity (Wildman–Crippen MR) is 341 cm³/mol. The van der Waals surface area contributed by atoms with Gasteiger partial charge in [0.2, 0.25) is 53.2 Å². The van der Waals surface area contributed by atoms with Gasteiger partial charge < -0.3 is 65.5 Å². The molecule has 12 atom stereocenters. The Hall–Kier alpha value is -6.11. The van der Waals surface area contributed by atoms with Gasteiger partial charge in [0.25, 0.3) is 11.8 Å². The van der Waals surface area contributed by atoms with E-state index in [1.165, 1.54) is 73.0 Å². The molecule has 1 aliphatic heterocycles. The largest absolute Gasteiger partial charge is 0.390 e. The molecule has 1 fully saturated rings. The van der Waals surface area contributed by atoms with Gasteiger partial charge in [-0.3, -0.25) is 52.7 Å². The highest BCUT2D eigenvalue weighted by atomic mass is 32.1. The topological polar surface area (TPSA) is 296 Å². The Morgan fingerprint density at radius 2 is 1.05 bits per heavy atom. The average Bonchev–Trinajstić information content (AvgIpc) is 0.971. The number of hydrogen-bond acceptors (Lipinski definition) is 14. The van der Waals surface area contributed by atoms with Crippen LogP contribution in [0.3, 0.4) is 0 Å². The lowest BCUT2D eigenvalue weighted by Gasteiger charge is -2.48. The lowest BCUT2D eigenvalue weighted by molar-refractivity contribution is -0.165. The van der Waals surface area contributed by atoms with Crippen LogP contribution < -0.4 is 21.3 Å². The molecular weight excluding hydrogens is 1150 g/mol. The van der Waals surface area contributed by atoms with E-state index in [-0.39, 0.29) is 56.3 Å². The molecule has 0 aromatic heterocycles. The van der Waals surface area contributed by atoms with Crippen LogP contribution in [0.2, 0.25) is 0 Å². The summed E-state index contributed by atoms with van der Waals surface area (Å²) in [5.74, 6) is -12.0. The molecule has 24 nitrogen and oxygen atoms in total. The van der Waals surface area contributed by atoms with Crippen molar-refractivity contribution in [3.8, 4) is 0 Å². The van der Waals surface area contributed by atoms with Gasteiger partial charge in [0.05, 0.1) is 12.6 Å². The molecule has 1 heterocycles. The monoisotopic (exact) mass is 1260 g/mol. The number of aliphatic hydroxyl groups is 1. The van der Waals surface area contributed by atoms with Crippen molar-refractivity contribution >= 4 is 83.9 Å². The highest BCUT2D eigenvalue weighted by Gasteiger charge is 2.56. The van der Waals surface area contributed by atoms with Crippen molar-refractivity contribution < 1.29 is 62.6 Å². The molecular formula is C63H111N11O13S. The first-order chi connectivity index (χ1) is 40.5. The van der Waals surface area contributed by atoms with Gasteiger partial charge in [0, 0.05) is 49.3 Å². The summed E-state index contributed by atoms with van der Waals surface area (Å²) in [6.07, 6.45) is 2.43. The van der Waals surface area contributed by atoms with Crippen LogP contribution in [0.4, 0.5) is 0 Å². The second-order valence-electron chi connectivity index (χ2n) is 26.6. The van der Waals surface area contributed by atoms with Crippen molar-refractivity contribution in [1.82, 2.24) is 55.6 Å². The first-order valence-corrected chi connectivity index (χ1v) is 31.5. The number of nitrogens with one attached hydrogen (secondary N) is 4. The summed E-state index contributed by atoms with van der Waals surface area (Å²) in [5, 5.41) is 23.0. The molecule has 1 aliphatic rings. The maximum absolute atomic E-state index is 15.6. The number of carbonyl (C=O) groups excluding carboxylic acids is 12. The zero-order valence-corrected chi connectivity index (χ0v) is 58.2. The molecule has 11 amide bonds. The number of allylic oxidation sites excluding steroid dienone is 2. The third-order valence-electron chi connectivity index (χ3n) is 16.8. The number of carbonyl (C=O) groups is 12. The average molecular weight is 1260 g/mol. The maximum Gasteiger partial charge on any atom is 0.259 e. The number of nitrogens with zero attached hydrogens (tertiary/aromatic N) is 7. The highest BCUT2D eigenvalue weighted by molar-refractivity contribution is 7.82. The van der Waals surface area contributed by atoms with Gasteiger partial charge in [0.1, 0.15) is 48.3 Å². The van der Waals surface area contributed by atoms with Gasteiger partial charge in [-0.25, -0.2) is 0 Å². The summed E-state index contributed by atoms with van der Waals surface area (Å²) >= 11 is 4.95. The van der Waals surface area contributed by atoms with Crippen LogP contribution in [-0.2, 0) is 57.5 Å². The minimum Gasteiger partial charge on any atom is -0.390 e. The van der Waals surface area contributed by atoms with Gasteiger partial charge in [-0.2, -0.15) is 0 Å². The Balaban J connectivity index is 4.49. The molecule has 0 aromatic rings. The number of amides is 11. The Bertz CT molecular complexity index is 2490. The minimum atomic E-state index is -2.36. The zero-order chi connectivity index (χ0) is 68.5. The number of aldehydes is 1. The first-order valence-electron chi connectivity index (χ1n) is 31.1. The van der Waals surface area contributed by atoms with E-state index in [0.29, 0.717) is 6.29 Å². The molecule has 1 rings (SSSR count). The highest BCUT2D eigenvalue weighted by Crippen LogP contribution is 2.37. The molecule has 0 unspecified atom stereocenters. The van der Waals surface area contributed by atoms with Crippen LogP contribution in [0.5, 0.6) is 0 Å². The van der Waals surface area contributed by atoms with Gasteiger partial charge in [-0.1, -0.05) is 109 Å². The molecule has 0 aromatic carbocycles. The van der Waals surface area contributed by atoms with E-state index < -0.39 is 160 Å². The molecule has 0 aliphatic carbocycles. The van der Waals surface area contributed by atoms with Crippen LogP contribution in [0.15, 0.2) is 12.2 Å². The van der Waals surface area contributed by atoms with Gasteiger partial charge in [-0.15, -0.1) is 12.6 Å². The van der Waals surface area contributed by atoms with Crippen molar-refractivity contribution in [2.75, 3.05) is 55.9 Å². The summed E-state index contributed by atoms with van der Waals surface area (Å²) in [7, 11) is 9.24. The normalized spacial score (nSPS) is 28.0. The second kappa shape index (κ2) is 34.7. The number of thiol groups is 1. The summed E-state index contributed by atoms with van der Waals surface area (Å²) in [6, 6.07) is -10.6. The lowest BCUT2D eigenvalue weighted by Crippen LogP contribution is -2.70. The molecule has 5 N–H and O–H groups in total. The number of aliphatic hydroxyl groups excluding tert-OH is 1. The SMILES string of the molecule is C/C=C/C[C@@H](C)[C@@H](O)[C@H]1C(=O)N[C@@H](CC)C(=O)N(C)CC(=O)N(C)[C@@H](CC(C)C)C(=O)N[C@@H](C(C)C)C(=O)N(C)[C@@H](CC(C)C)C(=O)N[C@@H](C)C(=O)N[C@H](C)C(=O)N(C)[C@@H](CC(C)C)C(=O)N(C)[C@](C=O)(CC(C)C)C(=O)N(C)[C@](S)(C(C)C)C(=O)N1C. The van der Waals surface area contributed by atoms with Crippen LogP contribution >= 0.6 is 12.6 Å². The summed E-state index contributed by atoms with van der Waals surface area (Å²) in [4.78, 5) is 181. The maximum atomic E-state index is 15.6. The van der Waals surface area contributed by atoms with Crippen molar-refractivity contribution in [2.24, 2.45) is 41.4 Å². The van der Waals surface area contributed by atoms with Gasteiger partial charge >= 0.3 is 0 Å². The first kappa shape index (κ1) is 79.9.